The molecule has 3 aliphatic heterocycles. The molecule has 0 aromatic rings. The zero-order valence-corrected chi connectivity index (χ0v) is 17.2. The van der Waals surface area contributed by atoms with Crippen LogP contribution in [-0.2, 0) is 19.2 Å². The van der Waals surface area contributed by atoms with Crippen molar-refractivity contribution in [1.82, 2.24) is 30.2 Å². The molecule has 0 aliphatic carbocycles. The summed E-state index contributed by atoms with van der Waals surface area (Å²) < 4.78 is 0. The molecule has 4 amide bonds. The fraction of sp³-hybridized carbons (Fsp3) is 0.600. The average Bonchev–Trinajstić information content (AvgIpc) is 3.21. The van der Waals surface area contributed by atoms with E-state index in [2.05, 4.69) is 20.4 Å². The van der Waals surface area contributed by atoms with Crippen LogP contribution < -0.4 is 10.6 Å². The van der Waals surface area contributed by atoms with E-state index in [1.165, 1.54) is 34.1 Å². The maximum Gasteiger partial charge on any atom is 0.253 e. The molecule has 0 bridgehead atoms. The lowest BCUT2D eigenvalue weighted by molar-refractivity contribution is -0.138. The largest absolute Gasteiger partial charge is 0.314 e. The Morgan fingerprint density at radius 1 is 0.533 bits per heavy atom. The minimum Gasteiger partial charge on any atom is -0.314 e. The maximum absolute atomic E-state index is 11.8. The normalized spacial score (nSPS) is 22.8. The number of nitrogens with one attached hydrogen (secondary N) is 2. The Morgan fingerprint density at radius 3 is 1.27 bits per heavy atom. The SMILES string of the molecule is O=C1C=CC(=O)N1CCN1CCNCCNCCN(CCN2C(=O)C=CC2=O)CC1. The van der Waals surface area contributed by atoms with E-state index in [1.54, 1.807) is 0 Å². The van der Waals surface area contributed by atoms with Gasteiger partial charge >= 0.3 is 0 Å². The van der Waals surface area contributed by atoms with Crippen LogP contribution in [-0.4, -0.2) is 122 Å². The first-order valence-electron chi connectivity index (χ1n) is 10.5. The van der Waals surface area contributed by atoms with Crippen LogP contribution in [0.5, 0.6) is 0 Å². The quantitative estimate of drug-likeness (QED) is 0.462. The van der Waals surface area contributed by atoms with Crippen molar-refractivity contribution in [3.63, 3.8) is 0 Å². The van der Waals surface area contributed by atoms with Gasteiger partial charge in [0.25, 0.3) is 23.6 Å². The molecular weight excluding hydrogens is 388 g/mol. The van der Waals surface area contributed by atoms with Crippen LogP contribution in [0.15, 0.2) is 24.3 Å². The molecule has 2 N–H and O–H groups in total. The smallest absolute Gasteiger partial charge is 0.253 e. The predicted octanol–water partition coefficient (Wildman–Crippen LogP) is -2.37. The van der Waals surface area contributed by atoms with E-state index in [-0.39, 0.29) is 23.6 Å². The Kier molecular flexibility index (Phi) is 8.26. The molecule has 0 unspecified atom stereocenters. The van der Waals surface area contributed by atoms with Gasteiger partial charge in [0.15, 0.2) is 0 Å². The number of amides is 4. The monoisotopic (exact) mass is 418 g/mol. The fourth-order valence-corrected chi connectivity index (χ4v) is 3.64. The van der Waals surface area contributed by atoms with Gasteiger partial charge in [0.2, 0.25) is 0 Å². The van der Waals surface area contributed by atoms with Crippen LogP contribution in [0.2, 0.25) is 0 Å². The lowest BCUT2D eigenvalue weighted by Gasteiger charge is -2.30. The Labute approximate surface area is 176 Å². The predicted molar refractivity (Wildman–Crippen MR) is 110 cm³/mol. The van der Waals surface area contributed by atoms with Gasteiger partial charge in [0.05, 0.1) is 0 Å². The second-order valence-corrected chi connectivity index (χ2v) is 7.51. The fourth-order valence-electron chi connectivity index (χ4n) is 3.64. The first-order valence-corrected chi connectivity index (χ1v) is 10.5. The molecule has 10 heteroatoms. The number of hydrogen-bond donors (Lipinski definition) is 2. The molecule has 3 heterocycles. The summed E-state index contributed by atoms with van der Waals surface area (Å²) in [5.74, 6) is -1.02. The summed E-state index contributed by atoms with van der Waals surface area (Å²) >= 11 is 0. The summed E-state index contributed by atoms with van der Waals surface area (Å²) in [5, 5.41) is 6.79. The molecule has 3 rings (SSSR count). The molecule has 0 aromatic carbocycles. The third kappa shape index (κ3) is 6.30. The third-order valence-corrected chi connectivity index (χ3v) is 5.50. The molecular formula is C20H30N6O4. The van der Waals surface area contributed by atoms with Crippen LogP contribution in [0.1, 0.15) is 0 Å². The Morgan fingerprint density at radius 2 is 0.900 bits per heavy atom. The van der Waals surface area contributed by atoms with Crippen LogP contribution in [0.4, 0.5) is 0 Å². The van der Waals surface area contributed by atoms with Gasteiger partial charge in [-0.15, -0.1) is 0 Å². The first kappa shape index (κ1) is 22.3. The Hall–Kier alpha value is -2.40. The lowest BCUT2D eigenvalue weighted by atomic mass is 10.3. The van der Waals surface area contributed by atoms with Crippen molar-refractivity contribution < 1.29 is 19.2 Å². The summed E-state index contributed by atoms with van der Waals surface area (Å²) in [6.07, 6.45) is 5.24. The second-order valence-electron chi connectivity index (χ2n) is 7.51. The highest BCUT2D eigenvalue weighted by molar-refractivity contribution is 6.13. The highest BCUT2D eigenvalue weighted by Gasteiger charge is 2.25. The number of hydrogen-bond acceptors (Lipinski definition) is 8. The molecule has 0 radical (unpaired) electrons. The zero-order chi connectivity index (χ0) is 21.3. The minimum atomic E-state index is -0.256. The van der Waals surface area contributed by atoms with E-state index in [0.717, 1.165) is 52.4 Å². The molecule has 1 fully saturated rings. The van der Waals surface area contributed by atoms with Crippen LogP contribution in [0.3, 0.4) is 0 Å². The Balaban J connectivity index is 1.52. The van der Waals surface area contributed by atoms with E-state index in [4.69, 9.17) is 0 Å². The van der Waals surface area contributed by atoms with Crippen molar-refractivity contribution in [2.75, 3.05) is 78.5 Å². The van der Waals surface area contributed by atoms with Crippen molar-refractivity contribution in [3.8, 4) is 0 Å². The van der Waals surface area contributed by atoms with Crippen molar-refractivity contribution in [3.05, 3.63) is 24.3 Å². The molecule has 0 saturated carbocycles. The number of rotatable bonds is 6. The van der Waals surface area contributed by atoms with E-state index >= 15 is 0 Å². The molecule has 30 heavy (non-hydrogen) atoms. The summed E-state index contributed by atoms with van der Waals surface area (Å²) in [5.41, 5.74) is 0. The third-order valence-electron chi connectivity index (χ3n) is 5.50. The number of carbonyl (C=O) groups is 4. The highest BCUT2D eigenvalue weighted by Crippen LogP contribution is 2.05. The standard InChI is InChI=1S/C20H30N6O4/c27-17-1-2-18(28)25(17)15-13-23-9-7-21-5-6-22-8-10-24(12-11-23)14-16-26-19(29)3-4-20(26)30/h1-4,21-22H,5-16H2. The van der Waals surface area contributed by atoms with E-state index in [1.807, 2.05) is 0 Å². The highest BCUT2D eigenvalue weighted by atomic mass is 16.2. The van der Waals surface area contributed by atoms with Crippen LogP contribution in [0, 0.1) is 0 Å². The lowest BCUT2D eigenvalue weighted by Crippen LogP contribution is -2.47. The molecule has 0 aromatic heterocycles. The molecule has 3 aliphatic rings. The number of imide groups is 2. The van der Waals surface area contributed by atoms with E-state index in [0.29, 0.717) is 26.2 Å². The topological polar surface area (TPSA) is 105 Å². The average molecular weight is 418 g/mol. The molecule has 0 spiro atoms. The number of nitrogens with zero attached hydrogens (tertiary/aromatic N) is 4. The maximum atomic E-state index is 11.8. The van der Waals surface area contributed by atoms with Crippen molar-refractivity contribution in [1.29, 1.82) is 0 Å². The van der Waals surface area contributed by atoms with Crippen molar-refractivity contribution >= 4 is 23.6 Å². The van der Waals surface area contributed by atoms with Crippen molar-refractivity contribution in [2.24, 2.45) is 0 Å². The van der Waals surface area contributed by atoms with E-state index < -0.39 is 0 Å². The summed E-state index contributed by atoms with van der Waals surface area (Å²) in [6, 6.07) is 0. The van der Waals surface area contributed by atoms with Crippen LogP contribution >= 0.6 is 0 Å². The van der Waals surface area contributed by atoms with Crippen LogP contribution in [0.25, 0.3) is 0 Å². The summed E-state index contributed by atoms with van der Waals surface area (Å²) in [7, 11) is 0. The minimum absolute atomic E-state index is 0.256. The van der Waals surface area contributed by atoms with Gasteiger partial charge in [-0.05, 0) is 0 Å². The zero-order valence-electron chi connectivity index (χ0n) is 17.2. The Bertz CT molecular complexity index is 626. The summed E-state index contributed by atoms with van der Waals surface area (Å²) in [4.78, 5) is 54.2. The second kappa shape index (κ2) is 11.1. The van der Waals surface area contributed by atoms with Gasteiger partial charge in [-0.1, -0.05) is 0 Å². The van der Waals surface area contributed by atoms with E-state index in [9.17, 15) is 19.2 Å². The van der Waals surface area contributed by atoms with Gasteiger partial charge < -0.3 is 10.6 Å². The first-order chi connectivity index (χ1) is 14.5. The summed E-state index contributed by atoms with van der Waals surface area (Å²) in [6.45, 7) is 8.50. The van der Waals surface area contributed by atoms with Gasteiger partial charge in [0.1, 0.15) is 0 Å². The van der Waals surface area contributed by atoms with Crippen molar-refractivity contribution in [2.45, 2.75) is 0 Å². The molecule has 10 nitrogen and oxygen atoms in total. The number of carbonyl (C=O) groups excluding carboxylic acids is 4. The molecule has 1 saturated heterocycles. The molecule has 0 atom stereocenters. The molecule has 164 valence electrons. The van der Waals surface area contributed by atoms with Gasteiger partial charge in [-0.2, -0.15) is 0 Å². The van der Waals surface area contributed by atoms with Gasteiger partial charge in [0, 0.05) is 103 Å². The van der Waals surface area contributed by atoms with Gasteiger partial charge in [-0.25, -0.2) is 0 Å². The van der Waals surface area contributed by atoms with Gasteiger partial charge in [-0.3, -0.25) is 38.8 Å².